The van der Waals surface area contributed by atoms with Crippen LogP contribution in [-0.2, 0) is 4.79 Å². The maximum atomic E-state index is 11.1. The smallest absolute Gasteiger partial charge is 0.312 e. The van der Waals surface area contributed by atoms with Crippen LogP contribution in [0.2, 0.25) is 0 Å². The molecule has 0 radical (unpaired) electrons. The van der Waals surface area contributed by atoms with Crippen LogP contribution in [0, 0.1) is 15.5 Å². The monoisotopic (exact) mass is 331 g/mol. The summed E-state index contributed by atoms with van der Waals surface area (Å²) in [6.07, 6.45) is 1.82. The molecule has 1 aromatic rings. The molecule has 1 aromatic heterocycles. The Morgan fingerprint density at radius 3 is 2.79 bits per heavy atom. The molecular formula is C11H14BrN3O4. The van der Waals surface area contributed by atoms with Crippen molar-refractivity contribution in [1.29, 1.82) is 0 Å². The molecule has 104 valence electrons. The van der Waals surface area contributed by atoms with Crippen LogP contribution < -0.4 is 5.32 Å². The lowest BCUT2D eigenvalue weighted by atomic mass is 9.88. The number of nitro groups is 1. The number of aromatic nitrogens is 1. The number of carboxylic acid groups (broad SMARTS) is 1. The van der Waals surface area contributed by atoms with Crippen molar-refractivity contribution in [2.24, 2.45) is 5.41 Å². The minimum atomic E-state index is -0.997. The van der Waals surface area contributed by atoms with Gasteiger partial charge in [-0.1, -0.05) is 6.92 Å². The Kier molecular flexibility index (Phi) is 4.82. The highest BCUT2D eigenvalue weighted by molar-refractivity contribution is 9.10. The van der Waals surface area contributed by atoms with Gasteiger partial charge in [0.15, 0.2) is 0 Å². The SMILES string of the molecule is CCC(C)(CNc1ncc(Br)cc1[N+](=O)[O-])C(=O)O. The van der Waals surface area contributed by atoms with Gasteiger partial charge in [0.2, 0.25) is 5.82 Å². The highest BCUT2D eigenvalue weighted by Gasteiger charge is 2.31. The topological polar surface area (TPSA) is 105 Å². The van der Waals surface area contributed by atoms with E-state index in [1.54, 1.807) is 13.8 Å². The molecule has 19 heavy (non-hydrogen) atoms. The van der Waals surface area contributed by atoms with Crippen LogP contribution in [0.5, 0.6) is 0 Å². The third-order valence-electron chi connectivity index (χ3n) is 2.97. The van der Waals surface area contributed by atoms with Crippen LogP contribution in [0.1, 0.15) is 20.3 Å². The Hall–Kier alpha value is -1.70. The first kappa shape index (κ1) is 15.4. The van der Waals surface area contributed by atoms with Crippen molar-refractivity contribution in [1.82, 2.24) is 4.98 Å². The molecule has 1 rings (SSSR count). The largest absolute Gasteiger partial charge is 0.481 e. The van der Waals surface area contributed by atoms with E-state index in [-0.39, 0.29) is 18.1 Å². The number of hydrogen-bond donors (Lipinski definition) is 2. The third kappa shape index (κ3) is 3.63. The molecule has 0 aliphatic heterocycles. The molecule has 0 aliphatic rings. The van der Waals surface area contributed by atoms with Crippen molar-refractivity contribution < 1.29 is 14.8 Å². The van der Waals surface area contributed by atoms with Crippen LogP contribution in [0.4, 0.5) is 11.5 Å². The van der Waals surface area contributed by atoms with E-state index in [0.29, 0.717) is 10.9 Å². The predicted molar refractivity (Wildman–Crippen MR) is 73.1 cm³/mol. The molecule has 8 heteroatoms. The Morgan fingerprint density at radius 1 is 1.68 bits per heavy atom. The number of hydrogen-bond acceptors (Lipinski definition) is 5. The van der Waals surface area contributed by atoms with Crippen LogP contribution in [-0.4, -0.2) is 27.5 Å². The van der Waals surface area contributed by atoms with Gasteiger partial charge in [-0.2, -0.15) is 0 Å². The number of aliphatic carboxylic acids is 1. The lowest BCUT2D eigenvalue weighted by Crippen LogP contribution is -2.34. The summed E-state index contributed by atoms with van der Waals surface area (Å²) in [7, 11) is 0. The number of carboxylic acids is 1. The van der Waals surface area contributed by atoms with E-state index in [2.05, 4.69) is 26.2 Å². The normalized spacial score (nSPS) is 13.6. The first-order valence-electron chi connectivity index (χ1n) is 5.57. The summed E-state index contributed by atoms with van der Waals surface area (Å²) in [5.41, 5.74) is -1.19. The molecule has 0 aliphatic carbocycles. The Morgan fingerprint density at radius 2 is 2.32 bits per heavy atom. The van der Waals surface area contributed by atoms with Crippen LogP contribution in [0.15, 0.2) is 16.7 Å². The molecule has 1 heterocycles. The fourth-order valence-corrected chi connectivity index (χ4v) is 1.65. The summed E-state index contributed by atoms with van der Waals surface area (Å²) in [4.78, 5) is 25.4. The maximum absolute atomic E-state index is 11.1. The fraction of sp³-hybridized carbons (Fsp3) is 0.455. The third-order valence-corrected chi connectivity index (χ3v) is 3.41. The molecular weight excluding hydrogens is 318 g/mol. The van der Waals surface area contributed by atoms with Gasteiger partial charge in [-0.3, -0.25) is 14.9 Å². The van der Waals surface area contributed by atoms with E-state index in [1.165, 1.54) is 12.3 Å². The molecule has 0 saturated heterocycles. The van der Waals surface area contributed by atoms with Gasteiger partial charge in [-0.05, 0) is 29.3 Å². The van der Waals surface area contributed by atoms with E-state index in [1.807, 2.05) is 0 Å². The summed E-state index contributed by atoms with van der Waals surface area (Å²) >= 11 is 3.10. The average Bonchev–Trinajstić information content (AvgIpc) is 2.36. The standard InChI is InChI=1S/C11H14BrN3O4/c1-3-11(2,10(16)17)6-14-9-8(15(18)19)4-7(12)5-13-9/h4-5H,3,6H2,1-2H3,(H,13,14)(H,16,17). The molecule has 1 atom stereocenters. The Balaban J connectivity index is 2.95. The van der Waals surface area contributed by atoms with Gasteiger partial charge in [-0.15, -0.1) is 0 Å². The highest BCUT2D eigenvalue weighted by atomic mass is 79.9. The van der Waals surface area contributed by atoms with Gasteiger partial charge >= 0.3 is 11.7 Å². The predicted octanol–water partition coefficient (Wildman–Crippen LogP) is 2.67. The van der Waals surface area contributed by atoms with Crippen molar-refractivity contribution >= 4 is 33.4 Å². The molecule has 0 spiro atoms. The van der Waals surface area contributed by atoms with Gasteiger partial charge in [0.25, 0.3) is 0 Å². The minimum Gasteiger partial charge on any atom is -0.481 e. The summed E-state index contributed by atoms with van der Waals surface area (Å²) in [5.74, 6) is -0.892. The number of pyridine rings is 1. The number of anilines is 1. The molecule has 0 amide bonds. The molecule has 2 N–H and O–H groups in total. The van der Waals surface area contributed by atoms with Crippen molar-refractivity contribution in [2.45, 2.75) is 20.3 Å². The summed E-state index contributed by atoms with van der Waals surface area (Å²) in [6.45, 7) is 3.39. The van der Waals surface area contributed by atoms with Crippen LogP contribution >= 0.6 is 15.9 Å². The van der Waals surface area contributed by atoms with Crippen molar-refractivity contribution in [3.63, 3.8) is 0 Å². The van der Waals surface area contributed by atoms with Gasteiger partial charge in [0.1, 0.15) is 0 Å². The zero-order valence-corrected chi connectivity index (χ0v) is 12.1. The van der Waals surface area contributed by atoms with E-state index >= 15 is 0 Å². The zero-order chi connectivity index (χ0) is 14.6. The Bertz CT molecular complexity index is 509. The second-order valence-corrected chi connectivity index (χ2v) is 5.27. The van der Waals surface area contributed by atoms with E-state index in [9.17, 15) is 14.9 Å². The average molecular weight is 332 g/mol. The van der Waals surface area contributed by atoms with Crippen LogP contribution in [0.3, 0.4) is 0 Å². The fourth-order valence-electron chi connectivity index (χ4n) is 1.33. The van der Waals surface area contributed by atoms with E-state index < -0.39 is 16.3 Å². The molecule has 1 unspecified atom stereocenters. The number of nitrogens with zero attached hydrogens (tertiary/aromatic N) is 2. The summed E-state index contributed by atoms with van der Waals surface area (Å²) < 4.78 is 0.487. The first-order valence-corrected chi connectivity index (χ1v) is 6.36. The minimum absolute atomic E-state index is 0.0638. The zero-order valence-electron chi connectivity index (χ0n) is 10.5. The molecule has 0 aromatic carbocycles. The molecule has 0 saturated carbocycles. The van der Waals surface area contributed by atoms with Gasteiger partial charge < -0.3 is 10.4 Å². The first-order chi connectivity index (χ1) is 8.80. The summed E-state index contributed by atoms with van der Waals surface area (Å²) in [6, 6.07) is 1.32. The van der Waals surface area contributed by atoms with Crippen LogP contribution in [0.25, 0.3) is 0 Å². The number of rotatable bonds is 6. The lowest BCUT2D eigenvalue weighted by Gasteiger charge is -2.23. The second-order valence-electron chi connectivity index (χ2n) is 4.35. The van der Waals surface area contributed by atoms with Gasteiger partial charge in [0, 0.05) is 23.3 Å². The highest BCUT2D eigenvalue weighted by Crippen LogP contribution is 2.28. The quantitative estimate of drug-likeness (QED) is 0.613. The Labute approximate surface area is 118 Å². The van der Waals surface area contributed by atoms with E-state index in [0.717, 1.165) is 0 Å². The lowest BCUT2D eigenvalue weighted by molar-refractivity contribution is -0.384. The molecule has 7 nitrogen and oxygen atoms in total. The number of nitrogens with one attached hydrogen (secondary N) is 1. The van der Waals surface area contributed by atoms with E-state index in [4.69, 9.17) is 5.11 Å². The van der Waals surface area contributed by atoms with Gasteiger partial charge in [-0.25, -0.2) is 4.98 Å². The number of carbonyl (C=O) groups is 1. The molecule has 0 bridgehead atoms. The molecule has 0 fully saturated rings. The van der Waals surface area contributed by atoms with Gasteiger partial charge in [0.05, 0.1) is 10.3 Å². The number of halogens is 1. The second kappa shape index (κ2) is 5.96. The van der Waals surface area contributed by atoms with Crippen molar-refractivity contribution in [3.05, 3.63) is 26.9 Å². The van der Waals surface area contributed by atoms with Crippen molar-refractivity contribution in [2.75, 3.05) is 11.9 Å². The summed E-state index contributed by atoms with van der Waals surface area (Å²) in [5, 5.41) is 22.8. The maximum Gasteiger partial charge on any atom is 0.312 e. The van der Waals surface area contributed by atoms with Crippen molar-refractivity contribution in [3.8, 4) is 0 Å².